The topological polar surface area (TPSA) is 114 Å². The first-order valence-corrected chi connectivity index (χ1v) is 12.7. The molecule has 0 atom stereocenters. The first-order chi connectivity index (χ1) is 17.2. The van der Waals surface area contributed by atoms with Crippen molar-refractivity contribution in [3.8, 4) is 5.75 Å². The Kier molecular flexibility index (Phi) is 7.85. The van der Waals surface area contributed by atoms with Crippen molar-refractivity contribution in [2.75, 3.05) is 13.1 Å². The normalized spacial score (nSPS) is 14.2. The fourth-order valence-electron chi connectivity index (χ4n) is 3.88. The van der Waals surface area contributed by atoms with E-state index in [1.807, 2.05) is 6.07 Å². The van der Waals surface area contributed by atoms with Crippen LogP contribution in [-0.2, 0) is 4.79 Å². The maximum absolute atomic E-state index is 13.2. The van der Waals surface area contributed by atoms with Crippen molar-refractivity contribution in [2.45, 2.75) is 38.2 Å². The van der Waals surface area contributed by atoms with Crippen LogP contribution in [0.5, 0.6) is 5.75 Å². The Balaban J connectivity index is 1.29. The van der Waals surface area contributed by atoms with E-state index in [0.29, 0.717) is 29.4 Å². The van der Waals surface area contributed by atoms with Crippen molar-refractivity contribution < 1.29 is 19.1 Å². The van der Waals surface area contributed by atoms with Gasteiger partial charge in [-0.3, -0.25) is 30.2 Å². The number of thiazole rings is 1. The maximum atomic E-state index is 13.2. The Morgan fingerprint density at radius 3 is 2.50 bits per heavy atom. The van der Waals surface area contributed by atoms with E-state index in [1.54, 1.807) is 60.7 Å². The summed E-state index contributed by atoms with van der Waals surface area (Å²) >= 11 is 7.58. The molecule has 1 aliphatic heterocycles. The van der Waals surface area contributed by atoms with Gasteiger partial charge in [-0.1, -0.05) is 23.7 Å². The van der Waals surface area contributed by atoms with E-state index in [1.165, 1.54) is 17.5 Å². The van der Waals surface area contributed by atoms with Crippen LogP contribution in [0, 0.1) is 0 Å². The molecule has 2 aromatic heterocycles. The van der Waals surface area contributed by atoms with Gasteiger partial charge < -0.3 is 9.64 Å². The van der Waals surface area contributed by atoms with Crippen LogP contribution >= 0.6 is 22.9 Å². The third kappa shape index (κ3) is 6.00. The molecule has 3 heterocycles. The monoisotopic (exact) mass is 527 g/mol. The van der Waals surface area contributed by atoms with Crippen LogP contribution in [0.15, 0.2) is 54.2 Å². The summed E-state index contributed by atoms with van der Waals surface area (Å²) in [5.74, 6) is -0.466. The number of piperidine rings is 1. The minimum absolute atomic E-state index is 0.107. The van der Waals surface area contributed by atoms with Crippen LogP contribution < -0.4 is 15.6 Å². The molecule has 0 unspecified atom stereocenters. The highest BCUT2D eigenvalue weighted by Crippen LogP contribution is 2.33. The second-order valence-corrected chi connectivity index (χ2v) is 10.1. The van der Waals surface area contributed by atoms with Crippen LogP contribution in [0.3, 0.4) is 0 Å². The Hall–Kier alpha value is -3.50. The fourth-order valence-corrected chi connectivity index (χ4v) is 5.03. The van der Waals surface area contributed by atoms with Gasteiger partial charge in [0.15, 0.2) is 5.60 Å². The predicted octanol–water partition coefficient (Wildman–Crippen LogP) is 3.83. The van der Waals surface area contributed by atoms with Gasteiger partial charge in [0, 0.05) is 36.8 Å². The SMILES string of the molecule is CC(C)(Oc1ccccc1Cl)C(=O)N1CCC(c2nc(C(=O)NNC(=O)c3cccnc3)cs2)CC1. The molecule has 1 aromatic carbocycles. The van der Waals surface area contributed by atoms with E-state index in [4.69, 9.17) is 16.3 Å². The average molecular weight is 528 g/mol. The summed E-state index contributed by atoms with van der Waals surface area (Å²) in [6.45, 7) is 4.59. The predicted molar refractivity (Wildman–Crippen MR) is 136 cm³/mol. The Morgan fingerprint density at radius 2 is 1.81 bits per heavy atom. The van der Waals surface area contributed by atoms with E-state index in [-0.39, 0.29) is 17.5 Å². The second kappa shape index (κ2) is 11.0. The fraction of sp³-hybridized carbons (Fsp3) is 0.320. The number of para-hydroxylation sites is 1. The van der Waals surface area contributed by atoms with E-state index < -0.39 is 17.4 Å². The van der Waals surface area contributed by atoms with Gasteiger partial charge in [0.2, 0.25) is 0 Å². The van der Waals surface area contributed by atoms with Gasteiger partial charge in [0.25, 0.3) is 17.7 Å². The van der Waals surface area contributed by atoms with Gasteiger partial charge in [-0.25, -0.2) is 4.98 Å². The number of aromatic nitrogens is 2. The van der Waals surface area contributed by atoms with Crippen LogP contribution in [0.2, 0.25) is 5.02 Å². The van der Waals surface area contributed by atoms with Gasteiger partial charge in [0.05, 0.1) is 15.6 Å². The van der Waals surface area contributed by atoms with Crippen molar-refractivity contribution in [1.29, 1.82) is 0 Å². The summed E-state index contributed by atoms with van der Waals surface area (Å²) < 4.78 is 5.95. The lowest BCUT2D eigenvalue weighted by Gasteiger charge is -2.36. The molecule has 0 spiro atoms. The molecule has 3 amide bonds. The highest BCUT2D eigenvalue weighted by molar-refractivity contribution is 7.09. The first-order valence-electron chi connectivity index (χ1n) is 11.4. The molecule has 2 N–H and O–H groups in total. The molecule has 9 nitrogen and oxygen atoms in total. The van der Waals surface area contributed by atoms with Crippen molar-refractivity contribution in [2.24, 2.45) is 0 Å². The lowest BCUT2D eigenvalue weighted by Crippen LogP contribution is -2.51. The minimum Gasteiger partial charge on any atom is -0.476 e. The molecule has 0 aliphatic carbocycles. The zero-order valence-corrected chi connectivity index (χ0v) is 21.4. The Morgan fingerprint density at radius 1 is 1.08 bits per heavy atom. The van der Waals surface area contributed by atoms with Gasteiger partial charge in [-0.15, -0.1) is 11.3 Å². The number of benzene rings is 1. The van der Waals surface area contributed by atoms with Crippen LogP contribution in [0.25, 0.3) is 0 Å². The molecule has 0 bridgehead atoms. The number of hydrogen-bond donors (Lipinski definition) is 2. The number of hydrogen-bond acceptors (Lipinski definition) is 7. The molecule has 1 fully saturated rings. The van der Waals surface area contributed by atoms with Crippen LogP contribution in [0.1, 0.15) is 58.5 Å². The third-order valence-electron chi connectivity index (χ3n) is 5.82. The summed E-state index contributed by atoms with van der Waals surface area (Å²) in [4.78, 5) is 47.8. The molecule has 1 saturated heterocycles. The number of carbonyl (C=O) groups excluding carboxylic acids is 3. The molecular formula is C25H26ClN5O4S. The largest absolute Gasteiger partial charge is 0.476 e. The number of hydrazine groups is 1. The number of likely N-dealkylation sites (tertiary alicyclic amines) is 1. The number of rotatable bonds is 6. The van der Waals surface area contributed by atoms with Gasteiger partial charge in [-0.05, 0) is 51.0 Å². The van der Waals surface area contributed by atoms with Crippen molar-refractivity contribution in [1.82, 2.24) is 25.7 Å². The smallest absolute Gasteiger partial charge is 0.289 e. The lowest BCUT2D eigenvalue weighted by atomic mass is 9.96. The second-order valence-electron chi connectivity index (χ2n) is 8.83. The van der Waals surface area contributed by atoms with Gasteiger partial charge in [-0.2, -0.15) is 0 Å². The zero-order valence-electron chi connectivity index (χ0n) is 19.9. The molecule has 36 heavy (non-hydrogen) atoms. The molecular weight excluding hydrogens is 502 g/mol. The summed E-state index contributed by atoms with van der Waals surface area (Å²) in [6.07, 6.45) is 4.41. The molecule has 0 radical (unpaired) electrons. The molecule has 0 saturated carbocycles. The highest BCUT2D eigenvalue weighted by Gasteiger charge is 2.37. The van der Waals surface area contributed by atoms with Crippen LogP contribution in [-0.4, -0.2) is 51.3 Å². The van der Waals surface area contributed by atoms with Crippen molar-refractivity contribution in [3.05, 3.63) is 75.5 Å². The standard InChI is InChI=1S/C25H26ClN5O4S/c1-25(2,35-20-8-4-3-7-18(20)26)24(34)31-12-9-16(10-13-31)23-28-19(15-36-23)22(33)30-29-21(32)17-6-5-11-27-14-17/h3-8,11,14-16H,9-10,12-13H2,1-2H3,(H,29,32)(H,30,33). The molecule has 1 aliphatic rings. The number of carbonyl (C=O) groups is 3. The molecule has 188 valence electrons. The summed E-state index contributed by atoms with van der Waals surface area (Å²) in [7, 11) is 0. The minimum atomic E-state index is -1.06. The Bertz CT molecular complexity index is 1240. The van der Waals surface area contributed by atoms with Gasteiger partial charge >= 0.3 is 0 Å². The van der Waals surface area contributed by atoms with Crippen LogP contribution in [0.4, 0.5) is 0 Å². The maximum Gasteiger partial charge on any atom is 0.289 e. The van der Waals surface area contributed by atoms with Gasteiger partial charge in [0.1, 0.15) is 11.4 Å². The number of nitrogens with zero attached hydrogens (tertiary/aromatic N) is 3. The summed E-state index contributed by atoms with van der Waals surface area (Å²) in [5.41, 5.74) is 4.24. The number of ether oxygens (including phenoxy) is 1. The zero-order chi connectivity index (χ0) is 25.7. The third-order valence-corrected chi connectivity index (χ3v) is 7.14. The molecule has 11 heteroatoms. The summed E-state index contributed by atoms with van der Waals surface area (Å²) in [6, 6.07) is 10.3. The van der Waals surface area contributed by atoms with E-state index in [0.717, 1.165) is 17.8 Å². The average Bonchev–Trinajstić information content (AvgIpc) is 3.39. The van der Waals surface area contributed by atoms with E-state index in [2.05, 4.69) is 20.8 Å². The van der Waals surface area contributed by atoms with E-state index in [9.17, 15) is 14.4 Å². The highest BCUT2D eigenvalue weighted by atomic mass is 35.5. The van der Waals surface area contributed by atoms with Crippen molar-refractivity contribution >= 4 is 40.7 Å². The number of amides is 3. The quantitative estimate of drug-likeness (QED) is 0.471. The van der Waals surface area contributed by atoms with E-state index >= 15 is 0 Å². The lowest BCUT2D eigenvalue weighted by molar-refractivity contribution is -0.146. The molecule has 4 rings (SSSR count). The summed E-state index contributed by atoms with van der Waals surface area (Å²) in [5, 5.41) is 2.95. The van der Waals surface area contributed by atoms with Crippen molar-refractivity contribution in [3.63, 3.8) is 0 Å². The number of halogens is 1. The number of nitrogens with one attached hydrogen (secondary N) is 2. The molecule has 3 aromatic rings. The number of pyridine rings is 1. The Labute approximate surface area is 217 Å². The first kappa shape index (κ1) is 25.6.